The lowest BCUT2D eigenvalue weighted by atomic mass is 9.95. The van der Waals surface area contributed by atoms with Gasteiger partial charge in [0.15, 0.2) is 10.8 Å². The molecule has 1 aliphatic rings. The van der Waals surface area contributed by atoms with Crippen LogP contribution in [-0.2, 0) is 0 Å². The molecule has 8 nitrogen and oxygen atoms in total. The van der Waals surface area contributed by atoms with Crippen molar-refractivity contribution in [1.29, 1.82) is 0 Å². The molecule has 0 N–H and O–H groups in total. The Labute approximate surface area is 169 Å². The van der Waals surface area contributed by atoms with Crippen molar-refractivity contribution in [2.45, 2.75) is 25.7 Å². The Bertz CT molecular complexity index is 1100. The standard InChI is InChI=1S/C18H16ClF2N7O/c1-10-3-2-6-27(17(29)14-15(19)23-5-4-22-14)8-11(10)13-7-12(16(20)21)26-18-24-9-25-28(13)18/h3-5,7,9,11,16H,2,6,8H2,1H3/t11-/m1/s1. The zero-order valence-corrected chi connectivity index (χ0v) is 16.1. The van der Waals surface area contributed by atoms with Gasteiger partial charge in [0.25, 0.3) is 18.1 Å². The molecule has 29 heavy (non-hydrogen) atoms. The summed E-state index contributed by atoms with van der Waals surface area (Å²) in [6.45, 7) is 2.59. The first-order chi connectivity index (χ1) is 14.0. The molecule has 0 unspecified atom stereocenters. The molecule has 0 bridgehead atoms. The number of hydrogen-bond acceptors (Lipinski definition) is 6. The second-order valence-corrected chi connectivity index (χ2v) is 6.97. The van der Waals surface area contributed by atoms with E-state index in [4.69, 9.17) is 11.6 Å². The molecule has 0 aliphatic carbocycles. The summed E-state index contributed by atoms with van der Waals surface area (Å²) in [5.74, 6) is -0.652. The van der Waals surface area contributed by atoms with E-state index in [1.807, 2.05) is 13.0 Å². The molecule has 3 aromatic heterocycles. The molecular formula is C18H16ClF2N7O. The van der Waals surface area contributed by atoms with E-state index in [0.29, 0.717) is 18.7 Å². The predicted molar refractivity (Wildman–Crippen MR) is 99.8 cm³/mol. The molecule has 1 amide bonds. The minimum Gasteiger partial charge on any atom is -0.336 e. The van der Waals surface area contributed by atoms with Crippen molar-refractivity contribution < 1.29 is 13.6 Å². The Hall–Kier alpha value is -3.01. The molecule has 1 aliphatic heterocycles. The summed E-state index contributed by atoms with van der Waals surface area (Å²) in [4.78, 5) is 30.3. The van der Waals surface area contributed by atoms with E-state index in [-0.39, 0.29) is 40.7 Å². The van der Waals surface area contributed by atoms with Crippen LogP contribution in [0.15, 0.2) is 36.4 Å². The number of alkyl halides is 2. The van der Waals surface area contributed by atoms with Gasteiger partial charge in [-0.1, -0.05) is 23.3 Å². The first-order valence-electron chi connectivity index (χ1n) is 8.87. The summed E-state index contributed by atoms with van der Waals surface area (Å²) in [7, 11) is 0. The predicted octanol–water partition coefficient (Wildman–Crippen LogP) is 3.08. The number of carbonyl (C=O) groups is 1. The molecule has 1 atom stereocenters. The van der Waals surface area contributed by atoms with E-state index in [2.05, 4.69) is 25.0 Å². The highest BCUT2D eigenvalue weighted by Gasteiger charge is 2.29. The highest BCUT2D eigenvalue weighted by Crippen LogP contribution is 2.31. The minimum atomic E-state index is -2.75. The average Bonchev–Trinajstić information content (AvgIpc) is 3.10. The van der Waals surface area contributed by atoms with E-state index in [0.717, 1.165) is 5.57 Å². The smallest absolute Gasteiger partial charge is 0.280 e. The topological polar surface area (TPSA) is 89.2 Å². The zero-order chi connectivity index (χ0) is 20.5. The first-order valence-corrected chi connectivity index (χ1v) is 9.24. The number of fused-ring (bicyclic) bond motifs is 1. The lowest BCUT2D eigenvalue weighted by Gasteiger charge is -2.26. The van der Waals surface area contributed by atoms with Crippen molar-refractivity contribution >= 4 is 23.3 Å². The molecule has 0 saturated carbocycles. The largest absolute Gasteiger partial charge is 0.336 e. The van der Waals surface area contributed by atoms with Crippen LogP contribution in [0, 0.1) is 0 Å². The molecule has 0 saturated heterocycles. The first kappa shape index (κ1) is 19.3. The molecule has 150 valence electrons. The molecule has 0 spiro atoms. The van der Waals surface area contributed by atoms with Gasteiger partial charge >= 0.3 is 0 Å². The highest BCUT2D eigenvalue weighted by atomic mass is 35.5. The molecule has 4 rings (SSSR count). The third-order valence-electron chi connectivity index (χ3n) is 4.84. The fourth-order valence-corrected chi connectivity index (χ4v) is 3.57. The van der Waals surface area contributed by atoms with Gasteiger partial charge in [0.1, 0.15) is 12.0 Å². The normalized spacial score (nSPS) is 17.5. The van der Waals surface area contributed by atoms with E-state index < -0.39 is 6.43 Å². The number of aromatic nitrogens is 6. The van der Waals surface area contributed by atoms with Crippen LogP contribution in [0.3, 0.4) is 0 Å². The fourth-order valence-electron chi connectivity index (χ4n) is 3.39. The van der Waals surface area contributed by atoms with Gasteiger partial charge in [-0.05, 0) is 19.4 Å². The molecule has 0 fully saturated rings. The van der Waals surface area contributed by atoms with Gasteiger partial charge in [-0.2, -0.15) is 10.1 Å². The molecule has 0 aromatic carbocycles. The third kappa shape index (κ3) is 3.67. The number of amides is 1. The second kappa shape index (κ2) is 7.78. The summed E-state index contributed by atoms with van der Waals surface area (Å²) >= 11 is 6.03. The van der Waals surface area contributed by atoms with Crippen LogP contribution in [-0.4, -0.2) is 53.4 Å². The van der Waals surface area contributed by atoms with Crippen LogP contribution in [0.25, 0.3) is 5.78 Å². The Morgan fingerprint density at radius 3 is 2.83 bits per heavy atom. The van der Waals surface area contributed by atoms with Crippen LogP contribution >= 0.6 is 11.6 Å². The average molecular weight is 420 g/mol. The maximum Gasteiger partial charge on any atom is 0.280 e. The molecule has 0 radical (unpaired) electrons. The Morgan fingerprint density at radius 2 is 2.07 bits per heavy atom. The molecule has 3 aromatic rings. The van der Waals surface area contributed by atoms with Crippen molar-refractivity contribution in [2.75, 3.05) is 13.1 Å². The molecule has 11 heteroatoms. The summed E-state index contributed by atoms with van der Waals surface area (Å²) in [5, 5.41) is 4.14. The summed E-state index contributed by atoms with van der Waals surface area (Å²) in [5.41, 5.74) is 1.10. The Balaban J connectivity index is 1.75. The summed E-state index contributed by atoms with van der Waals surface area (Å²) < 4.78 is 28.2. The van der Waals surface area contributed by atoms with E-state index in [9.17, 15) is 13.6 Å². The summed E-state index contributed by atoms with van der Waals surface area (Å²) in [6.07, 6.45) is 3.91. The van der Waals surface area contributed by atoms with Gasteiger partial charge in [-0.3, -0.25) is 4.79 Å². The van der Waals surface area contributed by atoms with Gasteiger partial charge in [0, 0.05) is 31.4 Å². The Kier molecular flexibility index (Phi) is 5.18. The highest BCUT2D eigenvalue weighted by molar-refractivity contribution is 6.32. The van der Waals surface area contributed by atoms with Crippen molar-refractivity contribution in [3.8, 4) is 0 Å². The minimum absolute atomic E-state index is 0.0190. The zero-order valence-electron chi connectivity index (χ0n) is 15.3. The Morgan fingerprint density at radius 1 is 1.28 bits per heavy atom. The number of nitrogens with zero attached hydrogens (tertiary/aromatic N) is 7. The molecule has 4 heterocycles. The van der Waals surface area contributed by atoms with Crippen LogP contribution in [0.1, 0.15) is 47.6 Å². The maximum atomic E-state index is 13.4. The van der Waals surface area contributed by atoms with Gasteiger partial charge < -0.3 is 4.90 Å². The SMILES string of the molecule is CC1=CCCN(C(=O)c2nccnc2Cl)C[C@H]1c1cc(C(F)F)nc2ncnn12. The number of hydrogen-bond donors (Lipinski definition) is 0. The van der Waals surface area contributed by atoms with E-state index in [1.54, 1.807) is 4.90 Å². The van der Waals surface area contributed by atoms with Crippen LogP contribution in [0.5, 0.6) is 0 Å². The van der Waals surface area contributed by atoms with Crippen LogP contribution < -0.4 is 0 Å². The van der Waals surface area contributed by atoms with Crippen molar-refractivity contribution in [3.63, 3.8) is 0 Å². The van der Waals surface area contributed by atoms with E-state index >= 15 is 0 Å². The lowest BCUT2D eigenvalue weighted by Crippen LogP contribution is -2.36. The number of rotatable bonds is 3. The van der Waals surface area contributed by atoms with Gasteiger partial charge in [-0.15, -0.1) is 0 Å². The van der Waals surface area contributed by atoms with Crippen LogP contribution in [0.4, 0.5) is 8.78 Å². The maximum absolute atomic E-state index is 13.4. The van der Waals surface area contributed by atoms with Crippen molar-refractivity contribution in [1.82, 2.24) is 34.4 Å². The van der Waals surface area contributed by atoms with Gasteiger partial charge in [0.2, 0.25) is 0 Å². The van der Waals surface area contributed by atoms with Crippen LogP contribution in [0.2, 0.25) is 5.15 Å². The van der Waals surface area contributed by atoms with Crippen molar-refractivity contribution in [2.24, 2.45) is 0 Å². The lowest BCUT2D eigenvalue weighted by molar-refractivity contribution is 0.0749. The van der Waals surface area contributed by atoms with Gasteiger partial charge in [0.05, 0.1) is 5.69 Å². The quantitative estimate of drug-likeness (QED) is 0.606. The fraction of sp³-hybridized carbons (Fsp3) is 0.333. The third-order valence-corrected chi connectivity index (χ3v) is 5.12. The van der Waals surface area contributed by atoms with E-state index in [1.165, 1.54) is 29.3 Å². The number of halogens is 3. The monoisotopic (exact) mass is 419 g/mol. The number of carbonyl (C=O) groups excluding carboxylic acids is 1. The second-order valence-electron chi connectivity index (χ2n) is 6.61. The van der Waals surface area contributed by atoms with Crippen molar-refractivity contribution in [3.05, 3.63) is 58.7 Å². The summed E-state index contributed by atoms with van der Waals surface area (Å²) in [6, 6.07) is 1.32. The molecular weight excluding hydrogens is 404 g/mol. The van der Waals surface area contributed by atoms with Gasteiger partial charge in [-0.25, -0.2) is 28.2 Å².